The van der Waals surface area contributed by atoms with Gasteiger partial charge in [0, 0.05) is 12.5 Å². The van der Waals surface area contributed by atoms with Crippen molar-refractivity contribution in [1.29, 1.82) is 0 Å². The van der Waals surface area contributed by atoms with Crippen molar-refractivity contribution < 1.29 is 9.84 Å². The van der Waals surface area contributed by atoms with Gasteiger partial charge in [-0.1, -0.05) is 51.1 Å². The summed E-state index contributed by atoms with van der Waals surface area (Å²) < 4.78 is 5.09. The Morgan fingerprint density at radius 1 is 1.10 bits per heavy atom. The lowest BCUT2D eigenvalue weighted by Crippen LogP contribution is -2.11. The number of ether oxygens (including phenoxy) is 1. The SMILES string of the molecule is COc1cccc(C(O)Cc2ccc(C(C)(C)C)cc2)n1. The van der Waals surface area contributed by atoms with E-state index in [4.69, 9.17) is 4.74 Å². The first kappa shape index (κ1) is 15.5. The van der Waals surface area contributed by atoms with Crippen LogP contribution in [0.25, 0.3) is 0 Å². The van der Waals surface area contributed by atoms with Crippen LogP contribution in [0.5, 0.6) is 5.88 Å². The zero-order valence-electron chi connectivity index (χ0n) is 13.1. The first-order valence-electron chi connectivity index (χ1n) is 7.18. The highest BCUT2D eigenvalue weighted by atomic mass is 16.5. The van der Waals surface area contributed by atoms with E-state index in [1.807, 2.05) is 12.1 Å². The molecule has 0 aliphatic carbocycles. The highest BCUT2D eigenvalue weighted by Gasteiger charge is 2.14. The summed E-state index contributed by atoms with van der Waals surface area (Å²) >= 11 is 0. The van der Waals surface area contributed by atoms with E-state index in [0.717, 1.165) is 5.56 Å². The molecule has 0 radical (unpaired) electrons. The zero-order chi connectivity index (χ0) is 15.5. The van der Waals surface area contributed by atoms with E-state index in [1.54, 1.807) is 13.2 Å². The van der Waals surface area contributed by atoms with Crippen molar-refractivity contribution in [2.75, 3.05) is 7.11 Å². The lowest BCUT2D eigenvalue weighted by molar-refractivity contribution is 0.172. The summed E-state index contributed by atoms with van der Waals surface area (Å²) in [6.07, 6.45) is -0.0782. The van der Waals surface area contributed by atoms with Gasteiger partial charge in [-0.05, 0) is 22.6 Å². The Hall–Kier alpha value is -1.87. The predicted molar refractivity (Wildman–Crippen MR) is 84.6 cm³/mol. The minimum Gasteiger partial charge on any atom is -0.481 e. The third-order valence-electron chi connectivity index (χ3n) is 3.54. The van der Waals surface area contributed by atoms with Gasteiger partial charge in [0.25, 0.3) is 0 Å². The lowest BCUT2D eigenvalue weighted by atomic mass is 9.86. The molecule has 0 spiro atoms. The maximum atomic E-state index is 10.3. The summed E-state index contributed by atoms with van der Waals surface area (Å²) in [4.78, 5) is 4.27. The van der Waals surface area contributed by atoms with Crippen molar-refractivity contribution in [2.45, 2.75) is 38.7 Å². The molecular formula is C18H23NO2. The van der Waals surface area contributed by atoms with Crippen LogP contribution in [-0.4, -0.2) is 17.2 Å². The van der Waals surface area contributed by atoms with Crippen LogP contribution in [0.4, 0.5) is 0 Å². The van der Waals surface area contributed by atoms with Crippen molar-refractivity contribution in [3.63, 3.8) is 0 Å². The molecule has 1 aromatic heterocycles. The second kappa shape index (κ2) is 6.27. The molecule has 0 saturated carbocycles. The van der Waals surface area contributed by atoms with Crippen LogP contribution < -0.4 is 4.74 Å². The molecular weight excluding hydrogens is 262 g/mol. The van der Waals surface area contributed by atoms with Crippen LogP contribution >= 0.6 is 0 Å². The van der Waals surface area contributed by atoms with Gasteiger partial charge < -0.3 is 9.84 Å². The maximum Gasteiger partial charge on any atom is 0.213 e. The summed E-state index contributed by atoms with van der Waals surface area (Å²) in [7, 11) is 1.57. The van der Waals surface area contributed by atoms with Crippen LogP contribution in [0.1, 0.15) is 43.7 Å². The van der Waals surface area contributed by atoms with Crippen molar-refractivity contribution >= 4 is 0 Å². The van der Waals surface area contributed by atoms with Crippen molar-refractivity contribution in [1.82, 2.24) is 4.98 Å². The fourth-order valence-corrected chi connectivity index (χ4v) is 2.20. The number of benzene rings is 1. The summed E-state index contributed by atoms with van der Waals surface area (Å²) in [5.41, 5.74) is 3.17. The number of aliphatic hydroxyl groups is 1. The average Bonchev–Trinajstić information content (AvgIpc) is 2.47. The largest absolute Gasteiger partial charge is 0.481 e. The van der Waals surface area contributed by atoms with Gasteiger partial charge in [0.1, 0.15) is 6.10 Å². The predicted octanol–water partition coefficient (Wildman–Crippen LogP) is 3.66. The van der Waals surface area contributed by atoms with Gasteiger partial charge in [-0.25, -0.2) is 4.98 Å². The van der Waals surface area contributed by atoms with E-state index < -0.39 is 6.10 Å². The smallest absolute Gasteiger partial charge is 0.213 e. The Kier molecular flexibility index (Phi) is 4.63. The molecule has 1 atom stereocenters. The van der Waals surface area contributed by atoms with Gasteiger partial charge in [0.05, 0.1) is 12.8 Å². The molecule has 1 N–H and O–H groups in total. The minimum absolute atomic E-state index is 0.144. The van der Waals surface area contributed by atoms with Crippen molar-refractivity contribution in [3.8, 4) is 5.88 Å². The summed E-state index contributed by atoms with van der Waals surface area (Å²) in [5.74, 6) is 0.523. The Labute approximate surface area is 126 Å². The molecule has 3 nitrogen and oxygen atoms in total. The molecule has 0 fully saturated rings. The standard InChI is InChI=1S/C18H23NO2/c1-18(2,3)14-10-8-13(9-11-14)12-16(20)15-6-5-7-17(19-15)21-4/h5-11,16,20H,12H2,1-4H3. The topological polar surface area (TPSA) is 42.4 Å². The van der Waals surface area contributed by atoms with Crippen LogP contribution in [0.2, 0.25) is 0 Å². The molecule has 2 aromatic rings. The normalized spacial score (nSPS) is 13.0. The number of methoxy groups -OCH3 is 1. The number of aliphatic hydroxyl groups excluding tert-OH is 1. The van der Waals surface area contributed by atoms with Crippen LogP contribution in [0.15, 0.2) is 42.5 Å². The Balaban J connectivity index is 2.10. The second-order valence-corrected chi connectivity index (χ2v) is 6.27. The van der Waals surface area contributed by atoms with E-state index in [1.165, 1.54) is 5.56 Å². The highest BCUT2D eigenvalue weighted by Crippen LogP contribution is 2.24. The lowest BCUT2D eigenvalue weighted by Gasteiger charge is -2.19. The molecule has 3 heteroatoms. The molecule has 0 aliphatic heterocycles. The van der Waals surface area contributed by atoms with Crippen LogP contribution in [-0.2, 0) is 11.8 Å². The average molecular weight is 285 g/mol. The molecule has 1 unspecified atom stereocenters. The fourth-order valence-electron chi connectivity index (χ4n) is 2.20. The third-order valence-corrected chi connectivity index (χ3v) is 3.54. The van der Waals surface area contributed by atoms with Gasteiger partial charge in [-0.3, -0.25) is 0 Å². The number of nitrogens with zero attached hydrogens (tertiary/aromatic N) is 1. The molecule has 2 rings (SSSR count). The summed E-state index contributed by atoms with van der Waals surface area (Å²) in [6.45, 7) is 6.57. The Bertz CT molecular complexity index is 585. The number of aromatic nitrogens is 1. The number of hydrogen-bond acceptors (Lipinski definition) is 3. The number of hydrogen-bond donors (Lipinski definition) is 1. The fraction of sp³-hybridized carbons (Fsp3) is 0.389. The van der Waals surface area contributed by atoms with E-state index in [0.29, 0.717) is 18.0 Å². The zero-order valence-corrected chi connectivity index (χ0v) is 13.1. The molecule has 0 amide bonds. The number of pyridine rings is 1. The van der Waals surface area contributed by atoms with Crippen molar-refractivity contribution in [2.24, 2.45) is 0 Å². The van der Waals surface area contributed by atoms with Gasteiger partial charge in [-0.15, -0.1) is 0 Å². The molecule has 1 heterocycles. The first-order valence-corrected chi connectivity index (χ1v) is 7.18. The molecule has 1 aromatic carbocycles. The highest BCUT2D eigenvalue weighted by molar-refractivity contribution is 5.28. The Morgan fingerprint density at radius 2 is 1.76 bits per heavy atom. The van der Waals surface area contributed by atoms with E-state index in [9.17, 15) is 5.11 Å². The molecule has 21 heavy (non-hydrogen) atoms. The minimum atomic E-state index is -0.624. The maximum absolute atomic E-state index is 10.3. The molecule has 0 saturated heterocycles. The van der Waals surface area contributed by atoms with E-state index in [2.05, 4.69) is 50.0 Å². The summed E-state index contributed by atoms with van der Waals surface area (Å²) in [6, 6.07) is 13.8. The monoisotopic (exact) mass is 285 g/mol. The number of rotatable bonds is 4. The van der Waals surface area contributed by atoms with Crippen molar-refractivity contribution in [3.05, 3.63) is 59.3 Å². The molecule has 0 aliphatic rings. The first-order chi connectivity index (χ1) is 9.90. The van der Waals surface area contributed by atoms with Gasteiger partial charge in [-0.2, -0.15) is 0 Å². The van der Waals surface area contributed by atoms with Gasteiger partial charge >= 0.3 is 0 Å². The Morgan fingerprint density at radius 3 is 2.33 bits per heavy atom. The third kappa shape index (κ3) is 4.05. The second-order valence-electron chi connectivity index (χ2n) is 6.27. The van der Waals surface area contributed by atoms with E-state index >= 15 is 0 Å². The van der Waals surface area contributed by atoms with Crippen LogP contribution in [0, 0.1) is 0 Å². The summed E-state index contributed by atoms with van der Waals surface area (Å²) in [5, 5.41) is 10.3. The van der Waals surface area contributed by atoms with Crippen LogP contribution in [0.3, 0.4) is 0 Å². The van der Waals surface area contributed by atoms with Gasteiger partial charge in [0.2, 0.25) is 5.88 Å². The van der Waals surface area contributed by atoms with E-state index in [-0.39, 0.29) is 5.41 Å². The molecule has 112 valence electrons. The quantitative estimate of drug-likeness (QED) is 0.932. The van der Waals surface area contributed by atoms with Gasteiger partial charge in [0.15, 0.2) is 0 Å². The molecule has 0 bridgehead atoms.